The van der Waals surface area contributed by atoms with E-state index in [0.29, 0.717) is 11.9 Å². The van der Waals surface area contributed by atoms with Crippen molar-refractivity contribution in [3.63, 3.8) is 0 Å². The second-order valence-corrected chi connectivity index (χ2v) is 6.55. The van der Waals surface area contributed by atoms with Gasteiger partial charge in [0.25, 0.3) is 0 Å². The summed E-state index contributed by atoms with van der Waals surface area (Å²) in [4.78, 5) is 11.5. The van der Waals surface area contributed by atoms with E-state index < -0.39 is 15.8 Å². The van der Waals surface area contributed by atoms with Crippen LogP contribution in [0, 0.1) is 0 Å². The molecule has 0 atom stereocenters. The zero-order chi connectivity index (χ0) is 15.7. The highest BCUT2D eigenvalue weighted by molar-refractivity contribution is 7.89. The largest absolute Gasteiger partial charge is 0.419 e. The van der Waals surface area contributed by atoms with Gasteiger partial charge in [0.15, 0.2) is 5.58 Å². The number of benzene rings is 1. The molecule has 0 bridgehead atoms. The summed E-state index contributed by atoms with van der Waals surface area (Å²) in [6, 6.07) is 6.10. The monoisotopic (exact) mass is 322 g/mol. The van der Waals surface area contributed by atoms with E-state index in [1.807, 2.05) is 0 Å². The molecule has 2 heterocycles. The first-order valence-electron chi connectivity index (χ1n) is 6.55. The van der Waals surface area contributed by atoms with Gasteiger partial charge in [-0.2, -0.15) is 5.10 Å². The highest BCUT2D eigenvalue weighted by Gasteiger charge is 2.16. The van der Waals surface area contributed by atoms with Gasteiger partial charge in [-0.15, -0.1) is 0 Å². The molecule has 22 heavy (non-hydrogen) atoms. The highest BCUT2D eigenvalue weighted by Crippen LogP contribution is 2.17. The van der Waals surface area contributed by atoms with Crippen molar-refractivity contribution < 1.29 is 12.8 Å². The lowest BCUT2D eigenvalue weighted by Crippen LogP contribution is -2.26. The first kappa shape index (κ1) is 14.5. The topological polar surface area (TPSA) is 110 Å². The number of fused-ring (bicyclic) bond motifs is 1. The first-order valence-corrected chi connectivity index (χ1v) is 8.03. The zero-order valence-electron chi connectivity index (χ0n) is 11.7. The SMILES string of the molecule is Cn1c(=O)oc2cc(S(=O)(=O)NCCc3ccn[nH]3)ccc21. The van der Waals surface area contributed by atoms with Crippen molar-refractivity contribution in [2.75, 3.05) is 6.54 Å². The van der Waals surface area contributed by atoms with Crippen molar-refractivity contribution in [3.05, 3.63) is 46.7 Å². The van der Waals surface area contributed by atoms with Gasteiger partial charge in [0.2, 0.25) is 10.0 Å². The maximum absolute atomic E-state index is 12.2. The van der Waals surface area contributed by atoms with Crippen molar-refractivity contribution >= 4 is 21.1 Å². The van der Waals surface area contributed by atoms with Gasteiger partial charge < -0.3 is 4.42 Å². The third kappa shape index (κ3) is 2.68. The Morgan fingerprint density at radius 3 is 2.91 bits per heavy atom. The molecule has 2 N–H and O–H groups in total. The molecule has 1 aromatic carbocycles. The average Bonchev–Trinajstić information content (AvgIpc) is 3.08. The summed E-state index contributed by atoms with van der Waals surface area (Å²) in [6.07, 6.45) is 2.11. The maximum atomic E-state index is 12.2. The van der Waals surface area contributed by atoms with Crippen molar-refractivity contribution in [2.45, 2.75) is 11.3 Å². The van der Waals surface area contributed by atoms with Gasteiger partial charge in [-0.25, -0.2) is 17.9 Å². The van der Waals surface area contributed by atoms with Crippen LogP contribution in [0.3, 0.4) is 0 Å². The Morgan fingerprint density at radius 1 is 1.36 bits per heavy atom. The number of hydrogen-bond acceptors (Lipinski definition) is 5. The van der Waals surface area contributed by atoms with Crippen LogP contribution in [0.15, 0.2) is 44.6 Å². The standard InChI is InChI=1S/C13H14N4O4S/c1-17-11-3-2-10(8-12(11)21-13(17)18)22(19,20)15-7-5-9-4-6-14-16-9/h2-4,6,8,15H,5,7H2,1H3,(H,14,16). The average molecular weight is 322 g/mol. The number of nitrogens with one attached hydrogen (secondary N) is 2. The predicted octanol–water partition coefficient (Wildman–Crippen LogP) is 0.376. The number of H-pyrrole nitrogens is 1. The summed E-state index contributed by atoms with van der Waals surface area (Å²) in [6.45, 7) is 0.237. The third-order valence-electron chi connectivity index (χ3n) is 3.32. The van der Waals surface area contributed by atoms with Crippen LogP contribution in [0.4, 0.5) is 0 Å². The molecule has 2 aromatic heterocycles. The maximum Gasteiger partial charge on any atom is 0.419 e. The second-order valence-electron chi connectivity index (χ2n) is 4.79. The number of rotatable bonds is 5. The fraction of sp³-hybridized carbons (Fsp3) is 0.231. The quantitative estimate of drug-likeness (QED) is 0.705. The van der Waals surface area contributed by atoms with Gasteiger partial charge in [0.1, 0.15) is 0 Å². The number of aryl methyl sites for hydroxylation is 1. The molecule has 0 unspecified atom stereocenters. The summed E-state index contributed by atoms with van der Waals surface area (Å²) in [5.41, 5.74) is 1.62. The van der Waals surface area contributed by atoms with E-state index >= 15 is 0 Å². The van der Waals surface area contributed by atoms with E-state index in [1.54, 1.807) is 25.4 Å². The van der Waals surface area contributed by atoms with E-state index in [-0.39, 0.29) is 17.0 Å². The molecule has 3 rings (SSSR count). The minimum absolute atomic E-state index is 0.0546. The van der Waals surface area contributed by atoms with Crippen molar-refractivity contribution in [1.29, 1.82) is 0 Å². The molecule has 3 aromatic rings. The van der Waals surface area contributed by atoms with E-state index in [1.165, 1.54) is 16.7 Å². The summed E-state index contributed by atoms with van der Waals surface area (Å²) < 4.78 is 33.3. The van der Waals surface area contributed by atoms with Gasteiger partial charge in [0.05, 0.1) is 10.4 Å². The lowest BCUT2D eigenvalue weighted by Gasteiger charge is -2.06. The Kier molecular flexibility index (Phi) is 3.59. The van der Waals surface area contributed by atoms with Crippen LogP contribution < -0.4 is 10.5 Å². The normalized spacial score (nSPS) is 12.0. The number of hydrogen-bond donors (Lipinski definition) is 2. The number of nitrogens with zero attached hydrogens (tertiary/aromatic N) is 2. The molecule has 0 amide bonds. The smallest absolute Gasteiger partial charge is 0.408 e. The number of sulfonamides is 1. The van der Waals surface area contributed by atoms with Crippen LogP contribution in [0.2, 0.25) is 0 Å². The summed E-state index contributed by atoms with van der Waals surface area (Å²) in [5, 5.41) is 6.55. The molecule has 0 spiro atoms. The Hall–Kier alpha value is -2.39. The van der Waals surface area contributed by atoms with Gasteiger partial charge in [-0.3, -0.25) is 9.67 Å². The molecular formula is C13H14N4O4S. The van der Waals surface area contributed by atoms with Crippen LogP contribution in [-0.2, 0) is 23.5 Å². The molecule has 0 saturated heterocycles. The molecule has 0 aliphatic carbocycles. The number of aromatic amines is 1. The van der Waals surface area contributed by atoms with Crippen LogP contribution >= 0.6 is 0 Å². The van der Waals surface area contributed by atoms with E-state index in [9.17, 15) is 13.2 Å². The van der Waals surface area contributed by atoms with Crippen LogP contribution in [0.1, 0.15) is 5.69 Å². The summed E-state index contributed by atoms with van der Waals surface area (Å²) in [7, 11) is -2.10. The fourth-order valence-electron chi connectivity index (χ4n) is 2.11. The number of aromatic nitrogens is 3. The molecule has 0 aliphatic rings. The fourth-order valence-corrected chi connectivity index (χ4v) is 3.16. The Bertz CT molecular complexity index is 954. The van der Waals surface area contributed by atoms with Gasteiger partial charge in [-0.05, 0) is 18.2 Å². The van der Waals surface area contributed by atoms with Gasteiger partial charge in [0, 0.05) is 38.0 Å². The molecule has 8 nitrogen and oxygen atoms in total. The van der Waals surface area contributed by atoms with E-state index in [0.717, 1.165) is 5.69 Å². The van der Waals surface area contributed by atoms with Crippen LogP contribution in [0.5, 0.6) is 0 Å². The first-order chi connectivity index (χ1) is 10.5. The number of oxazole rings is 1. The highest BCUT2D eigenvalue weighted by atomic mass is 32.2. The molecule has 9 heteroatoms. The summed E-state index contributed by atoms with van der Waals surface area (Å²) in [5.74, 6) is -0.531. The minimum Gasteiger partial charge on any atom is -0.408 e. The van der Waals surface area contributed by atoms with Crippen LogP contribution in [0.25, 0.3) is 11.1 Å². The second kappa shape index (κ2) is 5.43. The van der Waals surface area contributed by atoms with Crippen molar-refractivity contribution in [2.24, 2.45) is 7.05 Å². The molecule has 0 saturated carbocycles. The minimum atomic E-state index is -3.66. The van der Waals surface area contributed by atoms with E-state index in [2.05, 4.69) is 14.9 Å². The van der Waals surface area contributed by atoms with Gasteiger partial charge >= 0.3 is 5.76 Å². The predicted molar refractivity (Wildman–Crippen MR) is 78.9 cm³/mol. The Morgan fingerprint density at radius 2 is 2.18 bits per heavy atom. The van der Waals surface area contributed by atoms with Crippen LogP contribution in [-0.4, -0.2) is 29.7 Å². The molecule has 116 valence electrons. The van der Waals surface area contributed by atoms with E-state index in [4.69, 9.17) is 4.42 Å². The molecule has 0 aliphatic heterocycles. The summed E-state index contributed by atoms with van der Waals surface area (Å²) >= 11 is 0. The molecule has 0 fully saturated rings. The third-order valence-corrected chi connectivity index (χ3v) is 4.78. The molecular weight excluding hydrogens is 308 g/mol. The van der Waals surface area contributed by atoms with Crippen molar-refractivity contribution in [1.82, 2.24) is 19.5 Å². The Labute approximate surface area is 125 Å². The lowest BCUT2D eigenvalue weighted by atomic mass is 10.3. The lowest BCUT2D eigenvalue weighted by molar-refractivity contribution is 0.527. The van der Waals surface area contributed by atoms with Gasteiger partial charge in [-0.1, -0.05) is 0 Å². The van der Waals surface area contributed by atoms with Crippen molar-refractivity contribution in [3.8, 4) is 0 Å². The zero-order valence-corrected chi connectivity index (χ0v) is 12.6. The Balaban J connectivity index is 1.80. The molecule has 0 radical (unpaired) electrons.